The van der Waals surface area contributed by atoms with Crippen molar-refractivity contribution in [3.05, 3.63) is 85.8 Å². The summed E-state index contributed by atoms with van der Waals surface area (Å²) in [5, 5.41) is 12.7. The average Bonchev–Trinajstić information content (AvgIpc) is 2.82. The number of aryl methyl sites for hydroxylation is 1. The van der Waals surface area contributed by atoms with Crippen molar-refractivity contribution in [3.63, 3.8) is 0 Å². The summed E-state index contributed by atoms with van der Waals surface area (Å²) in [5.41, 5.74) is 1.44. The van der Waals surface area contributed by atoms with Crippen molar-refractivity contribution in [2.75, 3.05) is 11.9 Å². The molecule has 1 N–H and O–H groups in total. The predicted octanol–water partition coefficient (Wildman–Crippen LogP) is 6.78. The van der Waals surface area contributed by atoms with E-state index in [-0.39, 0.29) is 38.1 Å². The van der Waals surface area contributed by atoms with E-state index in [4.69, 9.17) is 32.1 Å². The zero-order chi connectivity index (χ0) is 26.5. The van der Waals surface area contributed by atoms with Crippen molar-refractivity contribution >= 4 is 66.9 Å². The van der Waals surface area contributed by atoms with Gasteiger partial charge in [-0.15, -0.1) is 0 Å². The highest BCUT2D eigenvalue weighted by molar-refractivity contribution is 9.10. The number of nitrogens with zero attached hydrogens (tertiary/aromatic N) is 1. The lowest BCUT2D eigenvalue weighted by atomic mass is 10.1. The van der Waals surface area contributed by atoms with Crippen molar-refractivity contribution in [3.8, 4) is 17.6 Å². The summed E-state index contributed by atoms with van der Waals surface area (Å²) in [4.78, 5) is 12.6. The number of amides is 1. The molecule has 0 aliphatic heterocycles. The summed E-state index contributed by atoms with van der Waals surface area (Å²) in [6.07, 6.45) is 1.33. The minimum atomic E-state index is -4.15. The van der Waals surface area contributed by atoms with E-state index in [1.807, 2.05) is 13.0 Å². The molecular formula is C25H19BrCl2N2O5S. The first-order valence-corrected chi connectivity index (χ1v) is 13.4. The van der Waals surface area contributed by atoms with Gasteiger partial charge in [0, 0.05) is 5.69 Å². The summed E-state index contributed by atoms with van der Waals surface area (Å²) < 4.78 is 36.9. The molecule has 3 aromatic carbocycles. The third-order valence-electron chi connectivity index (χ3n) is 4.69. The fourth-order valence-electron chi connectivity index (χ4n) is 2.97. The molecule has 0 spiro atoms. The van der Waals surface area contributed by atoms with E-state index in [1.54, 1.807) is 25.1 Å². The number of carbonyl (C=O) groups excluding carboxylic acids is 1. The van der Waals surface area contributed by atoms with Crippen molar-refractivity contribution in [2.45, 2.75) is 18.7 Å². The van der Waals surface area contributed by atoms with Gasteiger partial charge in [0.15, 0.2) is 11.5 Å². The van der Waals surface area contributed by atoms with Crippen LogP contribution in [-0.2, 0) is 14.9 Å². The van der Waals surface area contributed by atoms with Gasteiger partial charge in [0.1, 0.15) is 16.5 Å². The summed E-state index contributed by atoms with van der Waals surface area (Å²) >= 11 is 15.2. The van der Waals surface area contributed by atoms with E-state index < -0.39 is 16.0 Å². The molecule has 0 unspecified atom stereocenters. The van der Waals surface area contributed by atoms with Gasteiger partial charge in [0.25, 0.3) is 5.91 Å². The van der Waals surface area contributed by atoms with Crippen LogP contribution in [0.4, 0.5) is 5.69 Å². The monoisotopic (exact) mass is 608 g/mol. The lowest BCUT2D eigenvalue weighted by molar-refractivity contribution is -0.112. The lowest BCUT2D eigenvalue weighted by Gasteiger charge is -2.15. The second kappa shape index (κ2) is 11.8. The van der Waals surface area contributed by atoms with Gasteiger partial charge in [-0.2, -0.15) is 13.7 Å². The molecule has 7 nitrogen and oxygen atoms in total. The van der Waals surface area contributed by atoms with Crippen LogP contribution in [0, 0.1) is 18.3 Å². The van der Waals surface area contributed by atoms with Crippen LogP contribution in [0.2, 0.25) is 10.0 Å². The zero-order valence-corrected chi connectivity index (χ0v) is 22.9. The molecule has 3 rings (SSSR count). The summed E-state index contributed by atoms with van der Waals surface area (Å²) in [6.45, 7) is 3.77. The first kappa shape index (κ1) is 27.6. The molecule has 0 saturated carbocycles. The quantitative estimate of drug-likeness (QED) is 0.171. The minimum absolute atomic E-state index is 0.0165. The average molecular weight is 610 g/mol. The van der Waals surface area contributed by atoms with E-state index in [0.29, 0.717) is 16.3 Å². The molecular weight excluding hydrogens is 591 g/mol. The number of nitrogens with one attached hydrogen (secondary N) is 1. The third kappa shape index (κ3) is 6.80. The van der Waals surface area contributed by atoms with Crippen molar-refractivity contribution in [1.29, 1.82) is 5.26 Å². The third-order valence-corrected chi connectivity index (χ3v) is 7.25. The first-order chi connectivity index (χ1) is 17.0. The molecule has 0 atom stereocenters. The molecule has 0 fully saturated rings. The Hall–Kier alpha value is -3.03. The Morgan fingerprint density at radius 2 is 1.81 bits per heavy atom. The highest BCUT2D eigenvalue weighted by Gasteiger charge is 2.22. The highest BCUT2D eigenvalue weighted by Crippen LogP contribution is 2.39. The number of carbonyl (C=O) groups is 1. The molecule has 0 radical (unpaired) electrons. The van der Waals surface area contributed by atoms with Crippen molar-refractivity contribution in [1.82, 2.24) is 0 Å². The Morgan fingerprint density at radius 3 is 2.42 bits per heavy atom. The topological polar surface area (TPSA) is 105 Å². The molecule has 0 aromatic heterocycles. The SMILES string of the molecule is CCOc1cc(/C=C(\C#N)C(=O)Nc2ccc(Cl)c(Cl)c2)cc(Br)c1OS(=O)(=O)c1ccc(C)cc1. The van der Waals surface area contributed by atoms with Gasteiger partial charge < -0.3 is 14.2 Å². The molecule has 36 heavy (non-hydrogen) atoms. The molecule has 3 aromatic rings. The number of rotatable bonds is 8. The van der Waals surface area contributed by atoms with Crippen LogP contribution in [0.5, 0.6) is 11.5 Å². The highest BCUT2D eigenvalue weighted by atomic mass is 79.9. The molecule has 0 bridgehead atoms. The Morgan fingerprint density at radius 1 is 1.11 bits per heavy atom. The maximum Gasteiger partial charge on any atom is 0.339 e. The fourth-order valence-corrected chi connectivity index (χ4v) is 4.87. The standard InChI is InChI=1S/C25H19BrCl2N2O5S/c1-3-34-23-12-16(10-17(14-29)25(31)30-18-6-9-21(27)22(28)13-18)11-20(26)24(23)35-36(32,33)19-7-4-15(2)5-8-19/h4-13H,3H2,1-2H3,(H,30,31)/b17-10+. The van der Waals surface area contributed by atoms with Crippen LogP contribution < -0.4 is 14.2 Å². The molecule has 11 heteroatoms. The van der Waals surface area contributed by atoms with Crippen LogP contribution in [0.25, 0.3) is 6.08 Å². The van der Waals surface area contributed by atoms with E-state index in [9.17, 15) is 18.5 Å². The molecule has 0 saturated heterocycles. The van der Waals surface area contributed by atoms with Gasteiger partial charge in [-0.05, 0) is 83.9 Å². The van der Waals surface area contributed by atoms with Gasteiger partial charge in [-0.3, -0.25) is 4.79 Å². The van der Waals surface area contributed by atoms with E-state index in [2.05, 4.69) is 21.2 Å². The summed E-state index contributed by atoms with van der Waals surface area (Å²) in [7, 11) is -4.15. The maximum atomic E-state index is 12.8. The van der Waals surface area contributed by atoms with Gasteiger partial charge in [0.2, 0.25) is 0 Å². The van der Waals surface area contributed by atoms with Crippen LogP contribution in [0.3, 0.4) is 0 Å². The normalized spacial score (nSPS) is 11.5. The minimum Gasteiger partial charge on any atom is -0.490 e. The van der Waals surface area contributed by atoms with Gasteiger partial charge in [-0.1, -0.05) is 40.9 Å². The first-order valence-electron chi connectivity index (χ1n) is 10.4. The largest absolute Gasteiger partial charge is 0.490 e. The second-order valence-corrected chi connectivity index (χ2v) is 10.6. The van der Waals surface area contributed by atoms with Crippen LogP contribution >= 0.6 is 39.1 Å². The van der Waals surface area contributed by atoms with Gasteiger partial charge in [0.05, 0.1) is 21.1 Å². The number of ether oxygens (including phenoxy) is 1. The summed E-state index contributed by atoms with van der Waals surface area (Å²) in [6, 6.07) is 15.6. The zero-order valence-electron chi connectivity index (χ0n) is 19.0. The molecule has 186 valence electrons. The second-order valence-electron chi connectivity index (χ2n) is 7.37. The Labute approximate surface area is 227 Å². The number of halogens is 3. The number of benzene rings is 3. The predicted molar refractivity (Wildman–Crippen MR) is 143 cm³/mol. The van der Waals surface area contributed by atoms with Gasteiger partial charge in [-0.25, -0.2) is 0 Å². The maximum absolute atomic E-state index is 12.8. The molecule has 1 amide bonds. The van der Waals surface area contributed by atoms with Gasteiger partial charge >= 0.3 is 10.1 Å². The van der Waals surface area contributed by atoms with E-state index in [1.165, 1.54) is 42.5 Å². The number of hydrogen-bond acceptors (Lipinski definition) is 6. The fraction of sp³-hybridized carbons (Fsp3) is 0.120. The number of nitriles is 1. The molecule has 0 aliphatic rings. The van der Waals surface area contributed by atoms with Crippen molar-refractivity contribution in [2.24, 2.45) is 0 Å². The smallest absolute Gasteiger partial charge is 0.339 e. The van der Waals surface area contributed by atoms with Crippen LogP contribution in [0.1, 0.15) is 18.1 Å². The Kier molecular flexibility index (Phi) is 9.03. The van der Waals surface area contributed by atoms with Crippen molar-refractivity contribution < 1.29 is 22.1 Å². The number of hydrogen-bond donors (Lipinski definition) is 1. The lowest BCUT2D eigenvalue weighted by Crippen LogP contribution is -2.13. The van der Waals surface area contributed by atoms with E-state index in [0.717, 1.165) is 5.56 Å². The van der Waals surface area contributed by atoms with Crippen LogP contribution in [-0.4, -0.2) is 20.9 Å². The van der Waals surface area contributed by atoms with E-state index >= 15 is 0 Å². The Bertz CT molecular complexity index is 1480. The molecule has 0 aliphatic carbocycles. The molecule has 0 heterocycles. The number of anilines is 1. The van der Waals surface area contributed by atoms with Crippen LogP contribution in [0.15, 0.2) is 69.5 Å². The summed E-state index contributed by atoms with van der Waals surface area (Å²) in [5.74, 6) is -0.628. The Balaban J connectivity index is 1.93.